The highest BCUT2D eigenvalue weighted by atomic mass is 35.5. The van der Waals surface area contributed by atoms with Crippen LogP contribution in [0.5, 0.6) is 0 Å². The fraction of sp³-hybridized carbons (Fsp3) is 0.529. The van der Waals surface area contributed by atoms with E-state index in [1.807, 2.05) is 0 Å². The molecule has 5 nitrogen and oxygen atoms in total. The summed E-state index contributed by atoms with van der Waals surface area (Å²) in [7, 11) is 0. The molecule has 24 heavy (non-hydrogen) atoms. The van der Waals surface area contributed by atoms with Gasteiger partial charge in [-0.15, -0.1) is 12.4 Å². The Morgan fingerprint density at radius 1 is 1.29 bits per heavy atom. The monoisotopic (exact) mass is 373 g/mol. The van der Waals surface area contributed by atoms with E-state index in [1.165, 1.54) is 6.92 Å². The van der Waals surface area contributed by atoms with Crippen LogP contribution in [0.15, 0.2) is 18.2 Å². The molecule has 0 bridgehead atoms. The highest BCUT2D eigenvalue weighted by molar-refractivity contribution is 6.33. The molecular formula is C17H25Cl2N3O2. The first kappa shape index (κ1) is 20.7. The lowest BCUT2D eigenvalue weighted by Gasteiger charge is -2.27. The molecule has 0 radical (unpaired) electrons. The summed E-state index contributed by atoms with van der Waals surface area (Å²) in [5.41, 5.74) is 1.14. The number of amides is 2. The lowest BCUT2D eigenvalue weighted by molar-refractivity contribution is -0.117. The summed E-state index contributed by atoms with van der Waals surface area (Å²) in [6, 6.07) is 5.05. The van der Waals surface area contributed by atoms with Gasteiger partial charge in [-0.25, -0.2) is 0 Å². The maximum atomic E-state index is 12.3. The zero-order chi connectivity index (χ0) is 16.8. The first-order valence-electron chi connectivity index (χ1n) is 8.03. The van der Waals surface area contributed by atoms with Gasteiger partial charge in [0.15, 0.2) is 0 Å². The fourth-order valence-corrected chi connectivity index (χ4v) is 3.14. The molecule has 0 aliphatic carbocycles. The van der Waals surface area contributed by atoms with Crippen LogP contribution in [-0.2, 0) is 9.59 Å². The minimum absolute atomic E-state index is 0. The van der Waals surface area contributed by atoms with Crippen molar-refractivity contribution in [3.05, 3.63) is 23.2 Å². The topological polar surface area (TPSA) is 70.2 Å². The van der Waals surface area contributed by atoms with Crippen LogP contribution >= 0.6 is 24.0 Å². The number of benzene rings is 1. The smallest absolute Gasteiger partial charge is 0.224 e. The van der Waals surface area contributed by atoms with Crippen LogP contribution in [0.3, 0.4) is 0 Å². The van der Waals surface area contributed by atoms with E-state index >= 15 is 0 Å². The minimum atomic E-state index is -0.163. The third-order valence-corrected chi connectivity index (χ3v) is 4.59. The Kier molecular flexibility index (Phi) is 8.53. The Morgan fingerprint density at radius 2 is 1.96 bits per heavy atom. The summed E-state index contributed by atoms with van der Waals surface area (Å²) in [6.07, 6.45) is 2.71. The Labute approximate surface area is 154 Å². The van der Waals surface area contributed by atoms with E-state index < -0.39 is 0 Å². The number of hydrogen-bond donors (Lipinski definition) is 3. The maximum absolute atomic E-state index is 12.3. The fourth-order valence-electron chi connectivity index (χ4n) is 2.98. The molecule has 2 rings (SSSR count). The molecule has 0 spiro atoms. The molecule has 7 heteroatoms. The summed E-state index contributed by atoms with van der Waals surface area (Å²) >= 11 is 6.13. The van der Waals surface area contributed by atoms with Gasteiger partial charge in [0.25, 0.3) is 0 Å². The molecule has 2 amide bonds. The average molecular weight is 374 g/mol. The molecule has 1 atom stereocenters. The van der Waals surface area contributed by atoms with Gasteiger partial charge in [-0.3, -0.25) is 9.59 Å². The molecule has 1 fully saturated rings. The van der Waals surface area contributed by atoms with Gasteiger partial charge >= 0.3 is 0 Å². The zero-order valence-corrected chi connectivity index (χ0v) is 15.6. The van der Waals surface area contributed by atoms with Gasteiger partial charge in [0.1, 0.15) is 0 Å². The first-order chi connectivity index (χ1) is 11.0. The van der Waals surface area contributed by atoms with E-state index in [9.17, 15) is 9.59 Å². The Balaban J connectivity index is 0.00000288. The van der Waals surface area contributed by atoms with Gasteiger partial charge in [-0.1, -0.05) is 18.5 Å². The van der Waals surface area contributed by atoms with Crippen LogP contribution in [0.2, 0.25) is 5.02 Å². The molecule has 1 aromatic rings. The molecule has 1 saturated heterocycles. The van der Waals surface area contributed by atoms with E-state index in [0.29, 0.717) is 34.7 Å². The van der Waals surface area contributed by atoms with Gasteiger partial charge < -0.3 is 16.0 Å². The van der Waals surface area contributed by atoms with Crippen LogP contribution in [0, 0.1) is 11.8 Å². The second kappa shape index (κ2) is 9.87. The van der Waals surface area contributed by atoms with Crippen LogP contribution in [0.25, 0.3) is 0 Å². The second-order valence-corrected chi connectivity index (χ2v) is 6.60. The van der Waals surface area contributed by atoms with E-state index in [4.69, 9.17) is 11.6 Å². The predicted molar refractivity (Wildman–Crippen MR) is 101 cm³/mol. The minimum Gasteiger partial charge on any atom is -0.326 e. The number of anilines is 2. The zero-order valence-electron chi connectivity index (χ0n) is 14.0. The van der Waals surface area contributed by atoms with E-state index in [2.05, 4.69) is 22.9 Å². The molecular weight excluding hydrogens is 349 g/mol. The van der Waals surface area contributed by atoms with Gasteiger partial charge in [0.2, 0.25) is 11.8 Å². The van der Waals surface area contributed by atoms with Crippen molar-refractivity contribution in [2.75, 3.05) is 23.7 Å². The third-order valence-electron chi connectivity index (χ3n) is 4.26. The predicted octanol–water partition coefficient (Wildman–Crippen LogP) is 3.68. The lowest BCUT2D eigenvalue weighted by Crippen LogP contribution is -2.32. The van der Waals surface area contributed by atoms with E-state index in [1.54, 1.807) is 18.2 Å². The summed E-state index contributed by atoms with van der Waals surface area (Å²) in [5, 5.41) is 9.34. The largest absolute Gasteiger partial charge is 0.326 e. The Hall–Kier alpha value is -1.30. The van der Waals surface area contributed by atoms with Crippen LogP contribution in [0.4, 0.5) is 11.4 Å². The van der Waals surface area contributed by atoms with Gasteiger partial charge in [-0.2, -0.15) is 0 Å². The van der Waals surface area contributed by atoms with Crippen molar-refractivity contribution < 1.29 is 9.59 Å². The number of halogens is 2. The highest BCUT2D eigenvalue weighted by Gasteiger charge is 2.22. The lowest BCUT2D eigenvalue weighted by atomic mass is 9.84. The summed E-state index contributed by atoms with van der Waals surface area (Å²) in [6.45, 7) is 5.63. The van der Waals surface area contributed by atoms with Crippen molar-refractivity contribution in [1.82, 2.24) is 5.32 Å². The molecule has 1 unspecified atom stereocenters. The van der Waals surface area contributed by atoms with E-state index in [-0.39, 0.29) is 24.2 Å². The summed E-state index contributed by atoms with van der Waals surface area (Å²) in [5.74, 6) is 0.722. The molecule has 0 saturated carbocycles. The normalized spacial score (nSPS) is 16.0. The number of carbonyl (C=O) groups excluding carboxylic acids is 2. The van der Waals surface area contributed by atoms with Crippen molar-refractivity contribution in [2.24, 2.45) is 11.8 Å². The quantitative estimate of drug-likeness (QED) is 0.736. The van der Waals surface area contributed by atoms with E-state index in [0.717, 1.165) is 25.9 Å². The van der Waals surface area contributed by atoms with Crippen molar-refractivity contribution in [3.63, 3.8) is 0 Å². The van der Waals surface area contributed by atoms with Gasteiger partial charge in [0.05, 0.1) is 10.7 Å². The Bertz CT molecular complexity index is 575. The second-order valence-electron chi connectivity index (χ2n) is 6.19. The molecule has 3 N–H and O–H groups in total. The number of carbonyl (C=O) groups is 2. The summed E-state index contributed by atoms with van der Waals surface area (Å²) in [4.78, 5) is 23.4. The maximum Gasteiger partial charge on any atom is 0.224 e. The molecule has 1 heterocycles. The van der Waals surface area contributed by atoms with Crippen LogP contribution in [0.1, 0.15) is 33.1 Å². The number of hydrogen-bond acceptors (Lipinski definition) is 3. The van der Waals surface area contributed by atoms with Crippen molar-refractivity contribution >= 4 is 47.2 Å². The van der Waals surface area contributed by atoms with Crippen molar-refractivity contribution in [2.45, 2.75) is 33.1 Å². The molecule has 1 aliphatic heterocycles. The Morgan fingerprint density at radius 3 is 2.58 bits per heavy atom. The first-order valence-corrected chi connectivity index (χ1v) is 8.41. The van der Waals surface area contributed by atoms with Gasteiger partial charge in [0, 0.05) is 19.0 Å². The van der Waals surface area contributed by atoms with Crippen molar-refractivity contribution in [3.8, 4) is 0 Å². The standard InChI is InChI=1S/C17H24ClN3O2.ClH/c1-11(13-5-7-19-8-6-13)9-17(23)21-16-10-14(20-12(2)22)3-4-15(16)18;/h3-4,10-11,13,19H,5-9H2,1-2H3,(H,20,22)(H,21,23);1H. The highest BCUT2D eigenvalue weighted by Crippen LogP contribution is 2.28. The van der Waals surface area contributed by atoms with Crippen LogP contribution in [-0.4, -0.2) is 24.9 Å². The van der Waals surface area contributed by atoms with Gasteiger partial charge in [-0.05, 0) is 56.0 Å². The summed E-state index contributed by atoms with van der Waals surface area (Å²) < 4.78 is 0. The number of rotatable bonds is 5. The van der Waals surface area contributed by atoms with Crippen molar-refractivity contribution in [1.29, 1.82) is 0 Å². The number of nitrogens with one attached hydrogen (secondary N) is 3. The number of piperidine rings is 1. The molecule has 1 aromatic carbocycles. The molecule has 0 aromatic heterocycles. The molecule has 1 aliphatic rings. The molecule has 134 valence electrons. The third kappa shape index (κ3) is 6.30. The average Bonchev–Trinajstić information content (AvgIpc) is 2.51. The SMILES string of the molecule is CC(=O)Nc1ccc(Cl)c(NC(=O)CC(C)C2CCNCC2)c1.Cl. The van der Waals surface area contributed by atoms with Crippen LogP contribution < -0.4 is 16.0 Å².